The van der Waals surface area contributed by atoms with Crippen molar-refractivity contribution in [3.8, 4) is 5.75 Å². The highest BCUT2D eigenvalue weighted by atomic mass is 16.5. The van der Waals surface area contributed by atoms with E-state index in [2.05, 4.69) is 52.9 Å². The number of aliphatic carboxylic acids is 1. The first-order chi connectivity index (χ1) is 16.0. The summed E-state index contributed by atoms with van der Waals surface area (Å²) in [5.74, 6) is 0.319. The lowest BCUT2D eigenvalue weighted by Gasteiger charge is -2.33. The lowest BCUT2D eigenvalue weighted by Crippen LogP contribution is -2.37. The molecule has 0 saturated carbocycles. The van der Waals surface area contributed by atoms with E-state index in [1.165, 1.54) is 5.56 Å². The van der Waals surface area contributed by atoms with Crippen molar-refractivity contribution >= 4 is 11.7 Å². The molecular formula is C27H31N3O3. The Bertz CT molecular complexity index is 1090. The van der Waals surface area contributed by atoms with Crippen molar-refractivity contribution < 1.29 is 14.6 Å². The number of carboxylic acid groups (broad SMARTS) is 1. The van der Waals surface area contributed by atoms with Gasteiger partial charge in [-0.25, -0.2) is 0 Å². The van der Waals surface area contributed by atoms with Crippen LogP contribution in [0.15, 0.2) is 66.9 Å². The number of rotatable bonds is 9. The van der Waals surface area contributed by atoms with Crippen LogP contribution < -0.4 is 15.4 Å². The summed E-state index contributed by atoms with van der Waals surface area (Å²) in [6.07, 6.45) is 2.72. The number of benzene rings is 2. The molecule has 0 saturated heterocycles. The molecule has 6 heteroatoms. The van der Waals surface area contributed by atoms with Crippen molar-refractivity contribution in [3.63, 3.8) is 0 Å². The Labute approximate surface area is 195 Å². The van der Waals surface area contributed by atoms with Crippen molar-refractivity contribution in [2.75, 3.05) is 25.5 Å². The SMILES string of the molecule is COc1ccc([C@H](C)CN[C@H](c2ccccc2)[C@H]2CNc3cccnc3C2)cc1CC(=O)O. The molecule has 3 N–H and O–H groups in total. The lowest BCUT2D eigenvalue weighted by molar-refractivity contribution is -0.136. The molecule has 3 aromatic rings. The Kier molecular flexibility index (Phi) is 7.25. The van der Waals surface area contributed by atoms with Crippen molar-refractivity contribution in [1.82, 2.24) is 10.3 Å². The number of nitrogens with zero attached hydrogens (tertiary/aromatic N) is 1. The van der Waals surface area contributed by atoms with Crippen LogP contribution in [0, 0.1) is 5.92 Å². The molecule has 0 radical (unpaired) electrons. The second kappa shape index (κ2) is 10.5. The number of methoxy groups -OCH3 is 1. The molecule has 1 aliphatic rings. The molecule has 0 bridgehead atoms. The zero-order chi connectivity index (χ0) is 23.2. The summed E-state index contributed by atoms with van der Waals surface area (Å²) in [6, 6.07) is 20.6. The molecule has 2 aromatic carbocycles. The molecule has 4 rings (SSSR count). The van der Waals surface area contributed by atoms with Crippen LogP contribution >= 0.6 is 0 Å². The molecule has 33 heavy (non-hydrogen) atoms. The number of hydrogen-bond acceptors (Lipinski definition) is 5. The fourth-order valence-electron chi connectivity index (χ4n) is 4.60. The van der Waals surface area contributed by atoms with Gasteiger partial charge in [0, 0.05) is 36.8 Å². The largest absolute Gasteiger partial charge is 0.496 e. The summed E-state index contributed by atoms with van der Waals surface area (Å²) in [5.41, 5.74) is 5.29. The van der Waals surface area contributed by atoms with Crippen LogP contribution in [0.4, 0.5) is 5.69 Å². The number of ether oxygens (including phenoxy) is 1. The number of fused-ring (bicyclic) bond motifs is 1. The van der Waals surface area contributed by atoms with Gasteiger partial charge in [0.25, 0.3) is 0 Å². The number of hydrogen-bond donors (Lipinski definition) is 3. The maximum atomic E-state index is 11.3. The van der Waals surface area contributed by atoms with Gasteiger partial charge in [-0.05, 0) is 41.7 Å². The van der Waals surface area contributed by atoms with Crippen LogP contribution in [0.2, 0.25) is 0 Å². The average Bonchev–Trinajstić information content (AvgIpc) is 2.84. The monoisotopic (exact) mass is 445 g/mol. The van der Waals surface area contributed by atoms with Gasteiger partial charge in [0.05, 0.1) is 24.9 Å². The quantitative estimate of drug-likeness (QED) is 0.452. The van der Waals surface area contributed by atoms with E-state index >= 15 is 0 Å². The maximum Gasteiger partial charge on any atom is 0.307 e. The van der Waals surface area contributed by atoms with E-state index < -0.39 is 5.97 Å². The molecule has 6 nitrogen and oxygen atoms in total. The van der Waals surface area contributed by atoms with Gasteiger partial charge < -0.3 is 20.5 Å². The Morgan fingerprint density at radius 2 is 2.00 bits per heavy atom. The summed E-state index contributed by atoms with van der Waals surface area (Å²) < 4.78 is 5.35. The van der Waals surface area contributed by atoms with E-state index in [9.17, 15) is 9.90 Å². The van der Waals surface area contributed by atoms with Gasteiger partial charge >= 0.3 is 5.97 Å². The average molecular weight is 446 g/mol. The number of carbonyl (C=O) groups is 1. The highest BCUT2D eigenvalue weighted by molar-refractivity contribution is 5.71. The van der Waals surface area contributed by atoms with Gasteiger partial charge in [-0.1, -0.05) is 49.4 Å². The molecule has 1 aliphatic heterocycles. The first-order valence-electron chi connectivity index (χ1n) is 11.4. The first-order valence-corrected chi connectivity index (χ1v) is 11.4. The normalized spacial score (nSPS) is 16.8. The maximum absolute atomic E-state index is 11.3. The van der Waals surface area contributed by atoms with Crippen LogP contribution in [-0.4, -0.2) is 36.3 Å². The molecule has 0 spiro atoms. The number of anilines is 1. The number of carboxylic acids is 1. The first kappa shape index (κ1) is 22.8. The van der Waals surface area contributed by atoms with Gasteiger partial charge in [-0.3, -0.25) is 9.78 Å². The van der Waals surface area contributed by atoms with Crippen molar-refractivity contribution in [2.45, 2.75) is 31.7 Å². The van der Waals surface area contributed by atoms with Gasteiger partial charge in [-0.15, -0.1) is 0 Å². The van der Waals surface area contributed by atoms with Gasteiger partial charge in [0.1, 0.15) is 5.75 Å². The molecule has 2 heterocycles. The second-order valence-electron chi connectivity index (χ2n) is 8.68. The van der Waals surface area contributed by atoms with E-state index in [1.807, 2.05) is 36.5 Å². The third-order valence-electron chi connectivity index (χ3n) is 6.39. The number of nitrogens with one attached hydrogen (secondary N) is 2. The van der Waals surface area contributed by atoms with Gasteiger partial charge in [-0.2, -0.15) is 0 Å². The molecule has 172 valence electrons. The Morgan fingerprint density at radius 3 is 2.76 bits per heavy atom. The van der Waals surface area contributed by atoms with Crippen LogP contribution in [-0.2, 0) is 17.6 Å². The topological polar surface area (TPSA) is 83.5 Å². The van der Waals surface area contributed by atoms with Gasteiger partial charge in [0.15, 0.2) is 0 Å². The van der Waals surface area contributed by atoms with Crippen molar-refractivity contribution in [3.05, 3.63) is 89.2 Å². The number of pyridine rings is 1. The minimum absolute atomic E-state index is 0.0516. The van der Waals surface area contributed by atoms with E-state index in [1.54, 1.807) is 7.11 Å². The predicted octanol–water partition coefficient (Wildman–Crippen LogP) is 4.44. The highest BCUT2D eigenvalue weighted by Gasteiger charge is 2.28. The third kappa shape index (κ3) is 5.52. The Balaban J connectivity index is 1.51. The highest BCUT2D eigenvalue weighted by Crippen LogP contribution is 2.32. The predicted molar refractivity (Wildman–Crippen MR) is 130 cm³/mol. The Hall–Kier alpha value is -3.38. The fraction of sp³-hybridized carbons (Fsp3) is 0.333. The second-order valence-corrected chi connectivity index (χ2v) is 8.68. The van der Waals surface area contributed by atoms with Gasteiger partial charge in [0.2, 0.25) is 0 Å². The van der Waals surface area contributed by atoms with Crippen molar-refractivity contribution in [1.29, 1.82) is 0 Å². The summed E-state index contributed by atoms with van der Waals surface area (Å²) in [7, 11) is 1.57. The van der Waals surface area contributed by atoms with E-state index in [4.69, 9.17) is 4.74 Å². The van der Waals surface area contributed by atoms with E-state index in [0.717, 1.165) is 36.5 Å². The van der Waals surface area contributed by atoms with E-state index in [0.29, 0.717) is 17.2 Å². The lowest BCUT2D eigenvalue weighted by atomic mass is 9.86. The van der Waals surface area contributed by atoms with Crippen LogP contribution in [0.1, 0.15) is 41.3 Å². The van der Waals surface area contributed by atoms with Crippen molar-refractivity contribution in [2.24, 2.45) is 5.92 Å². The summed E-state index contributed by atoms with van der Waals surface area (Å²) >= 11 is 0. The number of aromatic nitrogens is 1. The molecular weight excluding hydrogens is 414 g/mol. The molecule has 1 aromatic heterocycles. The minimum atomic E-state index is -0.862. The molecule has 0 fully saturated rings. The van der Waals surface area contributed by atoms with E-state index in [-0.39, 0.29) is 18.4 Å². The minimum Gasteiger partial charge on any atom is -0.496 e. The standard InChI is InChI=1S/C27H31N3O3/c1-18(20-10-11-25(33-2)21(13-20)15-26(31)32)16-30-27(19-7-4-3-5-8-19)22-14-24-23(29-17-22)9-6-12-28-24/h3-13,18,22,27,29-30H,14-17H2,1-2H3,(H,31,32)/t18-,22-,27-/m1/s1. The summed E-state index contributed by atoms with van der Waals surface area (Å²) in [4.78, 5) is 15.9. The van der Waals surface area contributed by atoms with Crippen LogP contribution in [0.5, 0.6) is 5.75 Å². The van der Waals surface area contributed by atoms with Crippen LogP contribution in [0.25, 0.3) is 0 Å². The third-order valence-corrected chi connectivity index (χ3v) is 6.39. The fourth-order valence-corrected chi connectivity index (χ4v) is 4.60. The molecule has 0 unspecified atom stereocenters. The molecule has 3 atom stereocenters. The zero-order valence-electron chi connectivity index (χ0n) is 19.1. The Morgan fingerprint density at radius 1 is 1.18 bits per heavy atom. The van der Waals surface area contributed by atoms with Crippen LogP contribution in [0.3, 0.4) is 0 Å². The zero-order valence-corrected chi connectivity index (χ0v) is 19.1. The summed E-state index contributed by atoms with van der Waals surface area (Å²) in [5, 5.41) is 16.6. The smallest absolute Gasteiger partial charge is 0.307 e. The molecule has 0 amide bonds. The summed E-state index contributed by atoms with van der Waals surface area (Å²) in [6.45, 7) is 3.81. The molecule has 0 aliphatic carbocycles.